The molecule has 154 valence electrons. The van der Waals surface area contributed by atoms with Crippen molar-refractivity contribution in [3.8, 4) is 0 Å². The van der Waals surface area contributed by atoms with Gasteiger partial charge < -0.3 is 28.5 Å². The van der Waals surface area contributed by atoms with Gasteiger partial charge in [-0.05, 0) is 18.1 Å². The van der Waals surface area contributed by atoms with Crippen molar-refractivity contribution >= 4 is 8.32 Å². The molecular weight excluding hydrogens is 364 g/mol. The van der Waals surface area contributed by atoms with Gasteiger partial charge in [-0.3, -0.25) is 0 Å². The molecule has 0 aliphatic carbocycles. The molecule has 2 rings (SSSR count). The Morgan fingerprint density at radius 3 is 2.30 bits per heavy atom. The number of rotatable bonds is 7. The highest BCUT2D eigenvalue weighted by Gasteiger charge is 2.48. The summed E-state index contributed by atoms with van der Waals surface area (Å²) in [4.78, 5) is 0. The Balaban J connectivity index is 2.23. The summed E-state index contributed by atoms with van der Waals surface area (Å²) in [5, 5.41) is 10.8. The molecule has 7 heteroatoms. The predicted molar refractivity (Wildman–Crippen MR) is 106 cm³/mol. The van der Waals surface area contributed by atoms with Crippen LogP contribution < -0.4 is 0 Å². The summed E-state index contributed by atoms with van der Waals surface area (Å²) in [5.74, 6) is 0. The molecule has 1 aromatic rings. The maximum atomic E-state index is 10.8. The highest BCUT2D eigenvalue weighted by Crippen LogP contribution is 2.39. The molecule has 1 aliphatic rings. The van der Waals surface area contributed by atoms with E-state index in [0.29, 0.717) is 0 Å². The van der Waals surface area contributed by atoms with Gasteiger partial charge in [-0.15, -0.1) is 0 Å². The van der Waals surface area contributed by atoms with Crippen LogP contribution in [0.3, 0.4) is 0 Å². The summed E-state index contributed by atoms with van der Waals surface area (Å²) in [7, 11) is 0.960. The van der Waals surface area contributed by atoms with Crippen molar-refractivity contribution < 1.29 is 28.5 Å². The highest BCUT2D eigenvalue weighted by atomic mass is 28.4. The van der Waals surface area contributed by atoms with Crippen molar-refractivity contribution in [2.24, 2.45) is 0 Å². The monoisotopic (exact) mass is 398 g/mol. The van der Waals surface area contributed by atoms with E-state index in [0.717, 1.165) is 5.56 Å². The van der Waals surface area contributed by atoms with Crippen LogP contribution >= 0.6 is 0 Å². The molecule has 5 atom stereocenters. The van der Waals surface area contributed by atoms with Crippen molar-refractivity contribution in [2.75, 3.05) is 20.8 Å². The van der Waals surface area contributed by atoms with Crippen LogP contribution in [0.1, 0.15) is 32.6 Å². The number of methoxy groups -OCH3 is 2. The molecule has 1 N–H and O–H groups in total. The quantitative estimate of drug-likeness (QED) is 0.560. The molecule has 0 saturated carbocycles. The zero-order chi connectivity index (χ0) is 20.2. The minimum absolute atomic E-state index is 0.00176. The third-order valence-corrected chi connectivity index (χ3v) is 9.93. The Hall–Kier alpha value is -0.803. The van der Waals surface area contributed by atoms with E-state index in [1.807, 2.05) is 30.3 Å². The first-order valence-electron chi connectivity index (χ1n) is 9.34. The molecule has 0 amide bonds. The smallest absolute Gasteiger partial charge is 0.192 e. The summed E-state index contributed by atoms with van der Waals surface area (Å²) in [6.07, 6.45) is -3.30. The maximum Gasteiger partial charge on any atom is 0.192 e. The zero-order valence-electron chi connectivity index (χ0n) is 17.5. The average molecular weight is 399 g/mol. The van der Waals surface area contributed by atoms with E-state index in [1.165, 1.54) is 7.11 Å². The Kier molecular flexibility index (Phi) is 7.60. The number of benzene rings is 1. The Bertz CT molecular complexity index is 574. The van der Waals surface area contributed by atoms with E-state index in [4.69, 9.17) is 23.4 Å². The molecule has 1 fully saturated rings. The van der Waals surface area contributed by atoms with Crippen molar-refractivity contribution in [3.05, 3.63) is 35.9 Å². The fourth-order valence-corrected chi connectivity index (χ4v) is 4.11. The SMILES string of the molecule is COC(O[C@@H]1CO[C@H](OC)[C@H](O)C1O[Si](C)(C)C(C)(C)C)c1ccccc1. The molecular formula is C20H34O6Si. The number of hydrogen-bond acceptors (Lipinski definition) is 6. The van der Waals surface area contributed by atoms with Gasteiger partial charge in [-0.25, -0.2) is 0 Å². The van der Waals surface area contributed by atoms with Gasteiger partial charge in [-0.1, -0.05) is 51.1 Å². The van der Waals surface area contributed by atoms with Gasteiger partial charge in [0.1, 0.15) is 18.3 Å². The van der Waals surface area contributed by atoms with E-state index in [2.05, 4.69) is 33.9 Å². The van der Waals surface area contributed by atoms with Gasteiger partial charge in [0.25, 0.3) is 0 Å². The summed E-state index contributed by atoms with van der Waals surface area (Å²) in [6.45, 7) is 11.0. The van der Waals surface area contributed by atoms with Crippen molar-refractivity contribution in [1.29, 1.82) is 0 Å². The fraction of sp³-hybridized carbons (Fsp3) is 0.700. The van der Waals surface area contributed by atoms with E-state index in [9.17, 15) is 5.11 Å². The largest absolute Gasteiger partial charge is 0.408 e. The van der Waals surface area contributed by atoms with Gasteiger partial charge >= 0.3 is 0 Å². The fourth-order valence-electron chi connectivity index (χ4n) is 2.78. The molecule has 2 unspecified atom stereocenters. The van der Waals surface area contributed by atoms with Crippen molar-refractivity contribution in [2.45, 2.75) is 69.8 Å². The maximum absolute atomic E-state index is 10.8. The van der Waals surface area contributed by atoms with Gasteiger partial charge in [0.05, 0.1) is 6.61 Å². The highest BCUT2D eigenvalue weighted by molar-refractivity contribution is 6.74. The van der Waals surface area contributed by atoms with Crippen LogP contribution in [0.2, 0.25) is 18.1 Å². The van der Waals surface area contributed by atoms with Crippen LogP contribution in [0, 0.1) is 0 Å². The number of aliphatic hydroxyl groups excluding tert-OH is 1. The number of aliphatic hydroxyl groups is 1. The minimum Gasteiger partial charge on any atom is -0.408 e. The summed E-state index contributed by atoms with van der Waals surface area (Å²) >= 11 is 0. The normalized spacial score (nSPS) is 28.1. The van der Waals surface area contributed by atoms with Crippen molar-refractivity contribution in [3.63, 3.8) is 0 Å². The Labute approximate surface area is 163 Å². The number of ether oxygens (including phenoxy) is 4. The molecule has 0 bridgehead atoms. The lowest BCUT2D eigenvalue weighted by molar-refractivity contribution is -0.290. The average Bonchev–Trinajstić information content (AvgIpc) is 2.62. The lowest BCUT2D eigenvalue weighted by Crippen LogP contribution is -2.60. The standard InChI is InChI=1S/C20H34O6Si/c1-20(2,3)27(6,7)26-17-15(13-24-19(23-5)16(17)21)25-18(22-4)14-11-9-8-10-12-14/h8-12,15-19,21H,13H2,1-7H3/t15-,16-,17?,18?,19+/m1/s1. The van der Waals surface area contributed by atoms with Crippen LogP contribution in [0.15, 0.2) is 30.3 Å². The van der Waals surface area contributed by atoms with Crippen molar-refractivity contribution in [1.82, 2.24) is 0 Å². The van der Waals surface area contributed by atoms with E-state index < -0.39 is 39.2 Å². The second kappa shape index (κ2) is 9.13. The van der Waals surface area contributed by atoms with E-state index >= 15 is 0 Å². The summed E-state index contributed by atoms with van der Waals surface area (Å²) in [6, 6.07) is 9.69. The molecule has 0 aromatic heterocycles. The lowest BCUT2D eigenvalue weighted by Gasteiger charge is -2.46. The van der Waals surface area contributed by atoms with Crippen LogP contribution in [-0.4, -0.2) is 58.9 Å². The first kappa shape index (κ1) is 22.5. The second-order valence-electron chi connectivity index (χ2n) is 8.42. The molecule has 27 heavy (non-hydrogen) atoms. The zero-order valence-corrected chi connectivity index (χ0v) is 18.5. The second-order valence-corrected chi connectivity index (χ2v) is 13.2. The molecule has 1 aliphatic heterocycles. The molecule has 0 radical (unpaired) electrons. The van der Waals surface area contributed by atoms with Crippen LogP contribution in [0.25, 0.3) is 0 Å². The Morgan fingerprint density at radius 1 is 1.15 bits per heavy atom. The summed E-state index contributed by atoms with van der Waals surface area (Å²) in [5.41, 5.74) is 0.898. The van der Waals surface area contributed by atoms with Gasteiger partial charge in [0.2, 0.25) is 0 Å². The molecule has 1 heterocycles. The first-order chi connectivity index (χ1) is 12.6. The number of hydrogen-bond donors (Lipinski definition) is 1. The van der Waals surface area contributed by atoms with Gasteiger partial charge in [0.15, 0.2) is 20.9 Å². The third kappa shape index (κ3) is 5.38. The molecule has 6 nitrogen and oxygen atoms in total. The summed E-state index contributed by atoms with van der Waals surface area (Å²) < 4.78 is 29.2. The van der Waals surface area contributed by atoms with Crippen LogP contribution in [0.4, 0.5) is 0 Å². The molecule has 1 aromatic carbocycles. The van der Waals surface area contributed by atoms with Crippen LogP contribution in [-0.2, 0) is 23.4 Å². The van der Waals surface area contributed by atoms with Gasteiger partial charge in [0, 0.05) is 19.8 Å². The van der Waals surface area contributed by atoms with E-state index in [1.54, 1.807) is 7.11 Å². The van der Waals surface area contributed by atoms with E-state index in [-0.39, 0.29) is 11.6 Å². The lowest BCUT2D eigenvalue weighted by atomic mass is 10.1. The third-order valence-electron chi connectivity index (χ3n) is 5.46. The van der Waals surface area contributed by atoms with Crippen LogP contribution in [0.5, 0.6) is 0 Å². The first-order valence-corrected chi connectivity index (χ1v) is 12.2. The minimum atomic E-state index is -2.15. The molecule has 0 spiro atoms. The van der Waals surface area contributed by atoms with Gasteiger partial charge in [-0.2, -0.15) is 0 Å². The molecule has 1 saturated heterocycles. The topological polar surface area (TPSA) is 66.4 Å². The Morgan fingerprint density at radius 2 is 1.78 bits per heavy atom. The predicted octanol–water partition coefficient (Wildman–Crippen LogP) is 3.47.